The lowest BCUT2D eigenvalue weighted by Crippen LogP contribution is -2.40. The van der Waals surface area contributed by atoms with Crippen LogP contribution in [0.2, 0.25) is 0 Å². The van der Waals surface area contributed by atoms with E-state index >= 15 is 0 Å². The molecule has 1 heterocycles. The molecule has 0 aliphatic heterocycles. The predicted octanol–water partition coefficient (Wildman–Crippen LogP) is -0.265. The molecule has 10 heteroatoms. The van der Waals surface area contributed by atoms with Gasteiger partial charge in [-0.3, -0.25) is 9.67 Å². The number of hydrogen-bond acceptors (Lipinski definition) is 4. The molecule has 1 aromatic heterocycles. The van der Waals surface area contributed by atoms with Crippen LogP contribution in [0, 0.1) is 0 Å². The summed E-state index contributed by atoms with van der Waals surface area (Å²) in [5.74, 6) is 0.474. The lowest BCUT2D eigenvalue weighted by atomic mass is 10.4. The number of aliphatic imine (C=N–C) groups is 1. The molecule has 0 aliphatic rings. The van der Waals surface area contributed by atoms with Crippen molar-refractivity contribution in [3.05, 3.63) is 18.5 Å². The minimum absolute atomic E-state index is 0. The monoisotopic (exact) mass is 430 g/mol. The molecule has 0 saturated heterocycles. The van der Waals surface area contributed by atoms with E-state index in [1.807, 2.05) is 23.9 Å². The second-order valence-electron chi connectivity index (χ2n) is 4.18. The van der Waals surface area contributed by atoms with E-state index in [4.69, 9.17) is 5.14 Å². The van der Waals surface area contributed by atoms with Crippen LogP contribution >= 0.6 is 24.0 Å². The molecule has 0 aromatic carbocycles. The molecule has 0 aliphatic carbocycles. The lowest BCUT2D eigenvalue weighted by molar-refractivity contribution is 0.583. The Balaban J connectivity index is 0.00000400. The van der Waals surface area contributed by atoms with Crippen molar-refractivity contribution in [2.45, 2.75) is 19.9 Å². The fourth-order valence-electron chi connectivity index (χ4n) is 1.51. The number of sulfonamides is 1. The zero-order valence-electron chi connectivity index (χ0n) is 12.0. The van der Waals surface area contributed by atoms with Crippen molar-refractivity contribution in [2.75, 3.05) is 25.4 Å². The topological polar surface area (TPSA) is 114 Å². The first-order valence-electron chi connectivity index (χ1n) is 6.51. The van der Waals surface area contributed by atoms with Crippen molar-refractivity contribution in [1.82, 2.24) is 20.4 Å². The van der Waals surface area contributed by atoms with Gasteiger partial charge in [0.2, 0.25) is 10.0 Å². The zero-order valence-corrected chi connectivity index (χ0v) is 15.2. The molecular formula is C11H23IN6O2S. The van der Waals surface area contributed by atoms with Crippen molar-refractivity contribution in [3.8, 4) is 0 Å². The number of aryl methyl sites for hydroxylation is 1. The Morgan fingerprint density at radius 1 is 1.43 bits per heavy atom. The van der Waals surface area contributed by atoms with Crippen LogP contribution in [-0.2, 0) is 16.6 Å². The van der Waals surface area contributed by atoms with Gasteiger partial charge in [0.1, 0.15) is 0 Å². The summed E-state index contributed by atoms with van der Waals surface area (Å²) < 4.78 is 23.5. The quantitative estimate of drug-likeness (QED) is 0.228. The van der Waals surface area contributed by atoms with Crippen molar-refractivity contribution in [3.63, 3.8) is 0 Å². The molecule has 0 unspecified atom stereocenters. The Kier molecular flexibility index (Phi) is 10.3. The minimum atomic E-state index is -3.45. The van der Waals surface area contributed by atoms with Crippen LogP contribution in [-0.4, -0.2) is 49.5 Å². The van der Waals surface area contributed by atoms with E-state index in [0.29, 0.717) is 19.0 Å². The van der Waals surface area contributed by atoms with Crippen molar-refractivity contribution < 1.29 is 8.42 Å². The van der Waals surface area contributed by atoms with Gasteiger partial charge in [-0.15, -0.1) is 24.0 Å². The minimum Gasteiger partial charge on any atom is -0.357 e. The molecule has 1 rings (SSSR count). The number of nitrogens with two attached hydrogens (primary N) is 1. The molecule has 0 spiro atoms. The van der Waals surface area contributed by atoms with Crippen LogP contribution in [0.1, 0.15) is 13.3 Å². The molecular weight excluding hydrogens is 407 g/mol. The number of rotatable bonds is 8. The number of aromatic nitrogens is 2. The summed E-state index contributed by atoms with van der Waals surface area (Å²) in [6, 6.07) is 1.88. The van der Waals surface area contributed by atoms with Gasteiger partial charge < -0.3 is 10.6 Å². The predicted molar refractivity (Wildman–Crippen MR) is 94.2 cm³/mol. The molecule has 0 radical (unpaired) electrons. The number of hydrogen-bond donors (Lipinski definition) is 3. The Morgan fingerprint density at radius 2 is 2.19 bits per heavy atom. The van der Waals surface area contributed by atoms with E-state index in [1.165, 1.54) is 0 Å². The maximum absolute atomic E-state index is 10.8. The molecule has 8 nitrogen and oxygen atoms in total. The average Bonchev–Trinajstić information content (AvgIpc) is 2.86. The average molecular weight is 430 g/mol. The second-order valence-corrected chi connectivity index (χ2v) is 5.91. The standard InChI is InChI=1S/C11H22N6O2S.HI/c1-2-13-11(15-7-10-20(12,18)19)14-5-3-8-17-9-4-6-16-17;/h4,6,9H,2-3,5,7-8,10H2,1H3,(H2,12,18,19)(H2,13,14,15);1H. The van der Waals surface area contributed by atoms with Gasteiger partial charge >= 0.3 is 0 Å². The molecule has 0 fully saturated rings. The van der Waals surface area contributed by atoms with Crippen LogP contribution < -0.4 is 15.8 Å². The van der Waals surface area contributed by atoms with E-state index in [1.54, 1.807) is 6.20 Å². The number of nitrogens with zero attached hydrogens (tertiary/aromatic N) is 3. The van der Waals surface area contributed by atoms with E-state index in [9.17, 15) is 8.42 Å². The summed E-state index contributed by atoms with van der Waals surface area (Å²) in [7, 11) is -3.45. The van der Waals surface area contributed by atoms with Gasteiger partial charge in [0.15, 0.2) is 5.96 Å². The van der Waals surface area contributed by atoms with E-state index in [0.717, 1.165) is 13.0 Å². The second kappa shape index (κ2) is 10.8. The summed E-state index contributed by atoms with van der Waals surface area (Å²) >= 11 is 0. The summed E-state index contributed by atoms with van der Waals surface area (Å²) in [5.41, 5.74) is 0. The summed E-state index contributed by atoms with van der Waals surface area (Å²) in [6.45, 7) is 4.32. The fraction of sp³-hybridized carbons (Fsp3) is 0.636. The fourth-order valence-corrected chi connectivity index (χ4v) is 1.90. The first kappa shape index (κ1) is 20.1. The molecule has 0 atom stereocenters. The summed E-state index contributed by atoms with van der Waals surface area (Å²) in [6.07, 6.45) is 4.49. The smallest absolute Gasteiger partial charge is 0.210 e. The maximum atomic E-state index is 10.8. The van der Waals surface area contributed by atoms with Crippen molar-refractivity contribution in [1.29, 1.82) is 0 Å². The van der Waals surface area contributed by atoms with Crippen molar-refractivity contribution in [2.24, 2.45) is 10.1 Å². The number of guanidine groups is 1. The molecule has 21 heavy (non-hydrogen) atoms. The summed E-state index contributed by atoms with van der Waals surface area (Å²) in [4.78, 5) is 4.35. The van der Waals surface area contributed by atoms with Crippen LogP contribution in [0.4, 0.5) is 0 Å². The van der Waals surface area contributed by atoms with Crippen LogP contribution in [0.3, 0.4) is 0 Å². The Morgan fingerprint density at radius 3 is 2.76 bits per heavy atom. The zero-order chi connectivity index (χ0) is 14.8. The highest BCUT2D eigenvalue weighted by atomic mass is 127. The normalized spacial score (nSPS) is 11.8. The van der Waals surface area contributed by atoms with Crippen molar-refractivity contribution >= 4 is 40.0 Å². The molecule has 4 N–H and O–H groups in total. The van der Waals surface area contributed by atoms with Gasteiger partial charge in [-0.2, -0.15) is 5.10 Å². The lowest BCUT2D eigenvalue weighted by Gasteiger charge is -2.10. The molecule has 1 aromatic rings. The Bertz CT molecular complexity index is 503. The van der Waals surface area contributed by atoms with Crippen LogP contribution in [0.25, 0.3) is 0 Å². The molecule has 0 amide bonds. The van der Waals surface area contributed by atoms with E-state index in [2.05, 4.69) is 20.7 Å². The highest BCUT2D eigenvalue weighted by Gasteiger charge is 2.03. The van der Waals surface area contributed by atoms with Gasteiger partial charge in [-0.1, -0.05) is 0 Å². The van der Waals surface area contributed by atoms with E-state index in [-0.39, 0.29) is 36.3 Å². The van der Waals surface area contributed by atoms with Gasteiger partial charge in [-0.25, -0.2) is 13.6 Å². The number of primary sulfonamides is 1. The Labute approximate surface area is 142 Å². The summed E-state index contributed by atoms with van der Waals surface area (Å²) in [5, 5.41) is 15.0. The molecule has 122 valence electrons. The van der Waals surface area contributed by atoms with Crippen LogP contribution in [0.15, 0.2) is 23.5 Å². The molecule has 0 bridgehead atoms. The molecule has 0 saturated carbocycles. The highest BCUT2D eigenvalue weighted by molar-refractivity contribution is 14.0. The Hall–Kier alpha value is -0.880. The highest BCUT2D eigenvalue weighted by Crippen LogP contribution is 1.90. The largest absolute Gasteiger partial charge is 0.357 e. The van der Waals surface area contributed by atoms with Gasteiger partial charge in [0.25, 0.3) is 0 Å². The SMILES string of the molecule is CCNC(=NCCCn1cccn1)NCCS(N)(=O)=O.I. The number of halogens is 1. The van der Waals surface area contributed by atoms with E-state index < -0.39 is 10.0 Å². The third-order valence-corrected chi connectivity index (χ3v) is 3.17. The van der Waals surface area contributed by atoms with Crippen LogP contribution in [0.5, 0.6) is 0 Å². The maximum Gasteiger partial charge on any atom is 0.210 e. The third kappa shape index (κ3) is 10.5. The first-order valence-corrected chi connectivity index (χ1v) is 8.23. The van der Waals surface area contributed by atoms with Gasteiger partial charge in [-0.05, 0) is 19.4 Å². The number of nitrogens with one attached hydrogen (secondary N) is 2. The third-order valence-electron chi connectivity index (χ3n) is 2.40. The first-order chi connectivity index (χ1) is 9.51. The van der Waals surface area contributed by atoms with Gasteiger partial charge in [0, 0.05) is 38.6 Å². The van der Waals surface area contributed by atoms with Gasteiger partial charge in [0.05, 0.1) is 5.75 Å².